The average molecular weight is 502 g/mol. The van der Waals surface area contributed by atoms with E-state index >= 15 is 0 Å². The maximum Gasteiger partial charge on any atom is 0.422 e. The van der Waals surface area contributed by atoms with Gasteiger partial charge in [0.25, 0.3) is 0 Å². The highest BCUT2D eigenvalue weighted by Crippen LogP contribution is 2.42. The summed E-state index contributed by atoms with van der Waals surface area (Å²) < 4.78 is 75.4. The van der Waals surface area contributed by atoms with Gasteiger partial charge >= 0.3 is 6.18 Å². The van der Waals surface area contributed by atoms with Gasteiger partial charge in [0.15, 0.2) is 17.2 Å². The highest BCUT2D eigenvalue weighted by atomic mass is 35.5. The standard InChI is InChI=1S/C23H21ClF5N3O2/c1-12-30-9-14-17(8-16(25)19(26)20(14)32-12)31-11-22(33,23(27,28)29)10-21(2,3)13-5-6-15(24)18(7-13)34-4/h5-9,11,33H,10H2,1-4H3. The summed E-state index contributed by atoms with van der Waals surface area (Å²) in [5.74, 6) is -2.22. The fourth-order valence-electron chi connectivity index (χ4n) is 3.56. The predicted octanol–water partition coefficient (Wildman–Crippen LogP) is 6.24. The summed E-state index contributed by atoms with van der Waals surface area (Å²) in [6.45, 7) is 4.45. The molecule has 0 aliphatic carbocycles. The normalized spacial score (nSPS) is 14.6. The summed E-state index contributed by atoms with van der Waals surface area (Å²) in [6.07, 6.45) is -4.56. The zero-order chi connectivity index (χ0) is 25.5. The van der Waals surface area contributed by atoms with Gasteiger partial charge in [0.1, 0.15) is 17.1 Å². The molecule has 0 bridgehead atoms. The maximum atomic E-state index is 14.2. The number of aliphatic imine (C=N–C) groups is 1. The predicted molar refractivity (Wildman–Crippen MR) is 119 cm³/mol. The van der Waals surface area contributed by atoms with Gasteiger partial charge in [0.2, 0.25) is 0 Å². The largest absolute Gasteiger partial charge is 0.495 e. The third-order valence-corrected chi connectivity index (χ3v) is 5.73. The number of fused-ring (bicyclic) bond motifs is 1. The Balaban J connectivity index is 2.07. The van der Waals surface area contributed by atoms with E-state index in [1.807, 2.05) is 0 Å². The molecule has 1 atom stereocenters. The number of halogens is 6. The Morgan fingerprint density at radius 2 is 1.85 bits per heavy atom. The monoisotopic (exact) mass is 501 g/mol. The number of ether oxygens (including phenoxy) is 1. The van der Waals surface area contributed by atoms with Crippen molar-refractivity contribution in [1.29, 1.82) is 0 Å². The second-order valence-corrected chi connectivity index (χ2v) is 8.87. The summed E-state index contributed by atoms with van der Waals surface area (Å²) in [7, 11) is 1.37. The first-order valence-electron chi connectivity index (χ1n) is 9.98. The van der Waals surface area contributed by atoms with E-state index < -0.39 is 40.8 Å². The van der Waals surface area contributed by atoms with E-state index in [4.69, 9.17) is 16.3 Å². The smallest absolute Gasteiger partial charge is 0.422 e. The molecule has 3 rings (SSSR count). The number of nitrogens with zero attached hydrogens (tertiary/aromatic N) is 3. The second kappa shape index (κ2) is 9.07. The van der Waals surface area contributed by atoms with Gasteiger partial charge in [-0.05, 0) is 36.5 Å². The first kappa shape index (κ1) is 25.8. The molecule has 0 amide bonds. The van der Waals surface area contributed by atoms with E-state index in [-0.39, 0.29) is 33.9 Å². The molecule has 1 N–H and O–H groups in total. The molecule has 34 heavy (non-hydrogen) atoms. The van der Waals surface area contributed by atoms with Crippen molar-refractivity contribution in [2.75, 3.05) is 7.11 Å². The Kier molecular flexibility index (Phi) is 6.87. The van der Waals surface area contributed by atoms with Crippen molar-refractivity contribution >= 4 is 34.4 Å². The summed E-state index contributed by atoms with van der Waals surface area (Å²) >= 11 is 6.01. The molecule has 11 heteroatoms. The van der Waals surface area contributed by atoms with E-state index in [0.717, 1.165) is 6.20 Å². The van der Waals surface area contributed by atoms with Gasteiger partial charge in [-0.25, -0.2) is 18.7 Å². The fourth-order valence-corrected chi connectivity index (χ4v) is 3.75. The van der Waals surface area contributed by atoms with Gasteiger partial charge in [0.05, 0.1) is 17.8 Å². The summed E-state index contributed by atoms with van der Waals surface area (Å²) in [5.41, 5.74) is -5.00. The highest BCUT2D eigenvalue weighted by Gasteiger charge is 2.55. The number of methoxy groups -OCH3 is 1. The van der Waals surface area contributed by atoms with Crippen LogP contribution in [0.1, 0.15) is 31.7 Å². The fraction of sp³-hybridized carbons (Fsp3) is 0.348. The third-order valence-electron chi connectivity index (χ3n) is 5.42. The molecule has 3 aromatic rings. The van der Waals surface area contributed by atoms with Crippen molar-refractivity contribution in [1.82, 2.24) is 9.97 Å². The van der Waals surface area contributed by atoms with Crippen LogP contribution in [0.15, 0.2) is 35.5 Å². The maximum absolute atomic E-state index is 14.2. The molecule has 0 saturated heterocycles. The van der Waals surface area contributed by atoms with E-state index in [9.17, 15) is 27.1 Å². The van der Waals surface area contributed by atoms with Crippen LogP contribution in [0.4, 0.5) is 27.6 Å². The Bertz CT molecular complexity index is 1260. The molecule has 0 aliphatic heterocycles. The van der Waals surface area contributed by atoms with Crippen molar-refractivity contribution in [2.45, 2.75) is 44.4 Å². The summed E-state index contributed by atoms with van der Waals surface area (Å²) in [4.78, 5) is 11.4. The van der Waals surface area contributed by atoms with Gasteiger partial charge in [-0.2, -0.15) is 13.2 Å². The van der Waals surface area contributed by atoms with Crippen LogP contribution in [0.3, 0.4) is 0 Å². The molecule has 5 nitrogen and oxygen atoms in total. The van der Waals surface area contributed by atoms with Gasteiger partial charge < -0.3 is 9.84 Å². The molecule has 1 heterocycles. The lowest BCUT2D eigenvalue weighted by Crippen LogP contribution is -2.50. The molecule has 1 aromatic heterocycles. The van der Waals surface area contributed by atoms with Crippen LogP contribution in [-0.2, 0) is 5.41 Å². The molecule has 0 radical (unpaired) electrons. The zero-order valence-corrected chi connectivity index (χ0v) is 19.4. The minimum atomic E-state index is -5.13. The third kappa shape index (κ3) is 4.97. The molecular weight excluding hydrogens is 481 g/mol. The second-order valence-electron chi connectivity index (χ2n) is 8.46. The van der Waals surface area contributed by atoms with Crippen LogP contribution in [0.5, 0.6) is 5.75 Å². The van der Waals surface area contributed by atoms with Crippen molar-refractivity contribution in [3.05, 3.63) is 58.5 Å². The lowest BCUT2D eigenvalue weighted by molar-refractivity contribution is -0.234. The lowest BCUT2D eigenvalue weighted by Gasteiger charge is -2.35. The Labute approximate surface area is 197 Å². The quantitative estimate of drug-likeness (QED) is 0.320. The highest BCUT2D eigenvalue weighted by molar-refractivity contribution is 6.32. The van der Waals surface area contributed by atoms with Crippen LogP contribution in [0, 0.1) is 18.6 Å². The molecule has 182 valence electrons. The van der Waals surface area contributed by atoms with Gasteiger partial charge in [0, 0.05) is 23.9 Å². The van der Waals surface area contributed by atoms with E-state index in [0.29, 0.717) is 11.6 Å². The number of aliphatic hydroxyl groups is 1. The molecule has 2 aromatic carbocycles. The molecule has 0 saturated carbocycles. The molecule has 0 aliphatic rings. The lowest BCUT2D eigenvalue weighted by atomic mass is 9.75. The number of benzene rings is 2. The number of alkyl halides is 3. The van der Waals surface area contributed by atoms with Crippen molar-refractivity contribution < 1.29 is 31.8 Å². The Morgan fingerprint density at radius 3 is 2.47 bits per heavy atom. The van der Waals surface area contributed by atoms with Gasteiger partial charge in [-0.1, -0.05) is 31.5 Å². The van der Waals surface area contributed by atoms with E-state index in [2.05, 4.69) is 15.0 Å². The van der Waals surface area contributed by atoms with E-state index in [1.165, 1.54) is 46.1 Å². The molecule has 1 unspecified atom stereocenters. The number of aryl methyl sites for hydroxylation is 1. The number of aromatic nitrogens is 2. The number of rotatable bonds is 6. The SMILES string of the molecule is COc1cc(C(C)(C)CC(O)(C=Nc2cc(F)c(F)c3nc(C)ncc23)C(F)(F)F)ccc1Cl. The first-order valence-corrected chi connectivity index (χ1v) is 10.4. The van der Waals surface area contributed by atoms with Crippen LogP contribution in [0.2, 0.25) is 5.02 Å². The van der Waals surface area contributed by atoms with Crippen molar-refractivity contribution in [3.8, 4) is 5.75 Å². The zero-order valence-electron chi connectivity index (χ0n) is 18.6. The molecule has 0 fully saturated rings. The van der Waals surface area contributed by atoms with Gasteiger partial charge in [-0.3, -0.25) is 4.99 Å². The van der Waals surface area contributed by atoms with Crippen LogP contribution < -0.4 is 4.74 Å². The average Bonchev–Trinajstić information content (AvgIpc) is 2.74. The Hall–Kier alpha value is -2.85. The topological polar surface area (TPSA) is 67.6 Å². The van der Waals surface area contributed by atoms with Crippen molar-refractivity contribution in [3.63, 3.8) is 0 Å². The minimum Gasteiger partial charge on any atom is -0.495 e. The summed E-state index contributed by atoms with van der Waals surface area (Å²) in [5, 5.41) is 10.9. The van der Waals surface area contributed by atoms with Gasteiger partial charge in [-0.15, -0.1) is 0 Å². The summed E-state index contributed by atoms with van der Waals surface area (Å²) in [6, 6.07) is 5.12. The molecular formula is C23H21ClF5N3O2. The van der Waals surface area contributed by atoms with Crippen LogP contribution in [-0.4, -0.2) is 40.2 Å². The van der Waals surface area contributed by atoms with Crippen molar-refractivity contribution in [2.24, 2.45) is 4.99 Å². The molecule has 0 spiro atoms. The minimum absolute atomic E-state index is 0.105. The van der Waals surface area contributed by atoms with Crippen LogP contribution in [0.25, 0.3) is 10.9 Å². The van der Waals surface area contributed by atoms with E-state index in [1.54, 1.807) is 0 Å². The van der Waals surface area contributed by atoms with Crippen LogP contribution >= 0.6 is 11.6 Å². The number of hydrogen-bond donors (Lipinski definition) is 1. The Morgan fingerprint density at radius 1 is 1.18 bits per heavy atom. The number of hydrogen-bond acceptors (Lipinski definition) is 5. The first-order chi connectivity index (χ1) is 15.7.